The molecule has 0 saturated heterocycles. The molecule has 1 N–H and O–H groups in total. The van der Waals surface area contributed by atoms with E-state index in [0.717, 1.165) is 0 Å². The lowest BCUT2D eigenvalue weighted by Gasteiger charge is -2.16. The van der Waals surface area contributed by atoms with Crippen molar-refractivity contribution in [2.75, 3.05) is 13.7 Å². The number of aliphatic hydroxyl groups is 1. The summed E-state index contributed by atoms with van der Waals surface area (Å²) in [5.41, 5.74) is 1.04. The molecule has 7 nitrogen and oxygen atoms in total. The van der Waals surface area contributed by atoms with Crippen molar-refractivity contribution in [3.63, 3.8) is 0 Å². The van der Waals surface area contributed by atoms with Gasteiger partial charge in [0.15, 0.2) is 0 Å². The Kier molecular flexibility index (Phi) is 5.05. The zero-order chi connectivity index (χ0) is 16.3. The fourth-order valence-corrected chi connectivity index (χ4v) is 3.86. The van der Waals surface area contributed by atoms with Gasteiger partial charge in [-0.25, -0.2) is 8.42 Å². The molecular formula is C14H21N3O4S. The average molecular weight is 327 g/mol. The smallest absolute Gasteiger partial charge is 0.246 e. The highest BCUT2D eigenvalue weighted by Crippen LogP contribution is 2.24. The number of rotatable bonds is 7. The largest absolute Gasteiger partial charge is 0.468 e. The maximum absolute atomic E-state index is 12.8. The maximum atomic E-state index is 12.8. The van der Waals surface area contributed by atoms with Crippen LogP contribution >= 0.6 is 0 Å². The summed E-state index contributed by atoms with van der Waals surface area (Å²) in [5, 5.41) is 13.2. The molecule has 122 valence electrons. The summed E-state index contributed by atoms with van der Waals surface area (Å²) in [4.78, 5) is 0.222. The first-order valence-electron chi connectivity index (χ1n) is 7.01. The van der Waals surface area contributed by atoms with Gasteiger partial charge in [0.25, 0.3) is 0 Å². The van der Waals surface area contributed by atoms with Gasteiger partial charge < -0.3 is 9.52 Å². The van der Waals surface area contributed by atoms with E-state index in [-0.39, 0.29) is 18.0 Å². The molecule has 0 atom stereocenters. The Morgan fingerprint density at radius 1 is 1.41 bits per heavy atom. The summed E-state index contributed by atoms with van der Waals surface area (Å²) in [6.07, 6.45) is 2.04. The summed E-state index contributed by atoms with van der Waals surface area (Å²) in [7, 11) is -2.14. The molecule has 0 radical (unpaired) electrons. The van der Waals surface area contributed by atoms with Gasteiger partial charge in [-0.3, -0.25) is 4.68 Å². The van der Waals surface area contributed by atoms with E-state index in [9.17, 15) is 8.42 Å². The van der Waals surface area contributed by atoms with E-state index < -0.39 is 10.0 Å². The summed E-state index contributed by atoms with van der Waals surface area (Å²) >= 11 is 0. The normalized spacial score (nSPS) is 12.2. The summed E-state index contributed by atoms with van der Waals surface area (Å²) in [6, 6.07) is 3.45. The zero-order valence-corrected chi connectivity index (χ0v) is 13.8. The Morgan fingerprint density at radius 2 is 2.14 bits per heavy atom. The van der Waals surface area contributed by atoms with Crippen LogP contribution in [0.15, 0.2) is 27.7 Å². The highest BCUT2D eigenvalue weighted by atomic mass is 32.2. The van der Waals surface area contributed by atoms with E-state index in [2.05, 4.69) is 5.10 Å². The second kappa shape index (κ2) is 6.64. The topological polar surface area (TPSA) is 88.6 Å². The molecule has 0 unspecified atom stereocenters. The second-order valence-electron chi connectivity index (χ2n) is 5.14. The monoisotopic (exact) mass is 327 g/mol. The SMILES string of the molecule is Cc1nn(CCCO)c(C)c1S(=O)(=O)N(C)Cc1ccco1. The minimum absolute atomic E-state index is 0.0405. The molecule has 2 heterocycles. The lowest BCUT2D eigenvalue weighted by Crippen LogP contribution is -2.27. The maximum Gasteiger partial charge on any atom is 0.246 e. The molecule has 0 fully saturated rings. The third-order valence-corrected chi connectivity index (χ3v) is 5.53. The van der Waals surface area contributed by atoms with Crippen LogP contribution in [0.5, 0.6) is 0 Å². The minimum Gasteiger partial charge on any atom is -0.468 e. The number of nitrogens with zero attached hydrogens (tertiary/aromatic N) is 3. The quantitative estimate of drug-likeness (QED) is 0.828. The summed E-state index contributed by atoms with van der Waals surface area (Å²) in [5.74, 6) is 0.578. The van der Waals surface area contributed by atoms with Crippen LogP contribution in [0.1, 0.15) is 23.6 Å². The number of aromatic nitrogens is 2. The van der Waals surface area contributed by atoms with Crippen LogP contribution in [-0.4, -0.2) is 41.3 Å². The van der Waals surface area contributed by atoms with Crippen LogP contribution in [0, 0.1) is 13.8 Å². The van der Waals surface area contributed by atoms with E-state index >= 15 is 0 Å². The third-order valence-electron chi connectivity index (χ3n) is 3.47. The number of sulfonamides is 1. The lowest BCUT2D eigenvalue weighted by atomic mass is 10.4. The summed E-state index contributed by atoms with van der Waals surface area (Å²) < 4.78 is 33.6. The number of furan rings is 1. The minimum atomic E-state index is -3.65. The molecule has 2 aromatic heterocycles. The summed E-state index contributed by atoms with van der Waals surface area (Å²) in [6.45, 7) is 4.09. The molecule has 0 saturated carbocycles. The van der Waals surface area contributed by atoms with Gasteiger partial charge in [0, 0.05) is 20.2 Å². The van der Waals surface area contributed by atoms with Gasteiger partial charge in [-0.1, -0.05) is 0 Å². The molecule has 0 amide bonds. The van der Waals surface area contributed by atoms with Crippen molar-refractivity contribution in [3.8, 4) is 0 Å². The van der Waals surface area contributed by atoms with Crippen molar-refractivity contribution >= 4 is 10.0 Å². The number of aryl methyl sites for hydroxylation is 2. The van der Waals surface area contributed by atoms with Gasteiger partial charge in [0.2, 0.25) is 10.0 Å². The zero-order valence-electron chi connectivity index (χ0n) is 13.0. The molecule has 0 aromatic carbocycles. The van der Waals surface area contributed by atoms with E-state index in [4.69, 9.17) is 9.52 Å². The van der Waals surface area contributed by atoms with Crippen LogP contribution in [-0.2, 0) is 23.1 Å². The fraction of sp³-hybridized carbons (Fsp3) is 0.500. The second-order valence-corrected chi connectivity index (χ2v) is 7.12. The molecular weight excluding hydrogens is 306 g/mol. The van der Waals surface area contributed by atoms with Crippen molar-refractivity contribution in [1.82, 2.24) is 14.1 Å². The lowest BCUT2D eigenvalue weighted by molar-refractivity contribution is 0.276. The first-order chi connectivity index (χ1) is 10.4. The van der Waals surface area contributed by atoms with E-state index in [0.29, 0.717) is 30.1 Å². The first kappa shape index (κ1) is 16.7. The van der Waals surface area contributed by atoms with Crippen molar-refractivity contribution in [2.24, 2.45) is 0 Å². The van der Waals surface area contributed by atoms with Crippen molar-refractivity contribution in [1.29, 1.82) is 0 Å². The predicted molar refractivity (Wildman–Crippen MR) is 80.8 cm³/mol. The Bertz CT molecular complexity index is 720. The standard InChI is InChI=1S/C14H21N3O4S/c1-11-14(12(2)17(15-11)7-5-8-18)22(19,20)16(3)10-13-6-4-9-21-13/h4,6,9,18H,5,7-8,10H2,1-3H3. The predicted octanol–water partition coefficient (Wildman–Crippen LogP) is 1.30. The Labute approximate surface area is 130 Å². The molecule has 2 rings (SSSR count). The van der Waals surface area contributed by atoms with Crippen LogP contribution in [0.2, 0.25) is 0 Å². The van der Waals surface area contributed by atoms with E-state index in [1.807, 2.05) is 0 Å². The Balaban J connectivity index is 2.30. The highest BCUT2D eigenvalue weighted by molar-refractivity contribution is 7.89. The number of hydrogen-bond acceptors (Lipinski definition) is 5. The first-order valence-corrected chi connectivity index (χ1v) is 8.45. The molecule has 0 aliphatic rings. The molecule has 22 heavy (non-hydrogen) atoms. The number of aliphatic hydroxyl groups excluding tert-OH is 1. The van der Waals surface area contributed by atoms with Gasteiger partial charge in [-0.05, 0) is 32.4 Å². The molecule has 0 bridgehead atoms. The van der Waals surface area contributed by atoms with Gasteiger partial charge >= 0.3 is 0 Å². The molecule has 2 aromatic rings. The van der Waals surface area contributed by atoms with Gasteiger partial charge in [-0.15, -0.1) is 0 Å². The van der Waals surface area contributed by atoms with Crippen LogP contribution in [0.4, 0.5) is 0 Å². The van der Waals surface area contributed by atoms with Crippen molar-refractivity contribution in [2.45, 2.75) is 38.3 Å². The van der Waals surface area contributed by atoms with Crippen LogP contribution in [0.3, 0.4) is 0 Å². The molecule has 0 aliphatic heterocycles. The van der Waals surface area contributed by atoms with E-state index in [1.165, 1.54) is 17.6 Å². The van der Waals surface area contributed by atoms with Crippen molar-refractivity contribution in [3.05, 3.63) is 35.5 Å². The highest BCUT2D eigenvalue weighted by Gasteiger charge is 2.29. The van der Waals surface area contributed by atoms with E-state index in [1.54, 1.807) is 30.7 Å². The molecule has 8 heteroatoms. The van der Waals surface area contributed by atoms with Gasteiger partial charge in [0.05, 0.1) is 24.2 Å². The van der Waals surface area contributed by atoms with Gasteiger partial charge in [0.1, 0.15) is 10.7 Å². The molecule has 0 spiro atoms. The third kappa shape index (κ3) is 3.23. The fourth-order valence-electron chi connectivity index (χ4n) is 2.35. The molecule has 0 aliphatic carbocycles. The Hall–Kier alpha value is -1.64. The van der Waals surface area contributed by atoms with Crippen LogP contribution in [0.25, 0.3) is 0 Å². The van der Waals surface area contributed by atoms with Crippen LogP contribution < -0.4 is 0 Å². The van der Waals surface area contributed by atoms with Crippen molar-refractivity contribution < 1.29 is 17.9 Å². The van der Waals surface area contributed by atoms with Gasteiger partial charge in [-0.2, -0.15) is 9.40 Å². The average Bonchev–Trinajstić information content (AvgIpc) is 3.05. The number of hydrogen-bond donors (Lipinski definition) is 1. The Morgan fingerprint density at radius 3 is 2.73 bits per heavy atom.